The first-order valence-electron chi connectivity index (χ1n) is 6.53. The Morgan fingerprint density at radius 2 is 2.10 bits per heavy atom. The number of carbonyl (C=O) groups is 2. The monoisotopic (exact) mass is 292 g/mol. The molecule has 0 spiro atoms. The molecule has 112 valence electrons. The molecule has 1 aromatic rings. The number of nitrogen functional groups attached to an aromatic ring is 1. The van der Waals surface area contributed by atoms with Crippen molar-refractivity contribution < 1.29 is 14.5 Å². The molecular weight excluding hydrogens is 276 g/mol. The maximum absolute atomic E-state index is 12.0. The van der Waals surface area contributed by atoms with Crippen LogP contribution < -0.4 is 16.4 Å². The molecule has 0 aromatic heterocycles. The van der Waals surface area contributed by atoms with E-state index in [1.54, 1.807) is 6.92 Å². The fourth-order valence-electron chi connectivity index (χ4n) is 1.74. The second-order valence-corrected chi connectivity index (χ2v) is 5.01. The van der Waals surface area contributed by atoms with Gasteiger partial charge in [-0.15, -0.1) is 0 Å². The van der Waals surface area contributed by atoms with Crippen LogP contribution in [0.4, 0.5) is 11.4 Å². The second-order valence-electron chi connectivity index (χ2n) is 5.01. The van der Waals surface area contributed by atoms with Crippen molar-refractivity contribution in [1.82, 2.24) is 10.6 Å². The molecule has 1 fully saturated rings. The second kappa shape index (κ2) is 5.78. The number of nitro groups is 1. The molecule has 0 aliphatic heterocycles. The molecule has 1 saturated carbocycles. The van der Waals surface area contributed by atoms with Crippen LogP contribution in [0.1, 0.15) is 30.1 Å². The highest BCUT2D eigenvalue weighted by molar-refractivity contribution is 5.98. The van der Waals surface area contributed by atoms with E-state index in [0.717, 1.165) is 18.9 Å². The van der Waals surface area contributed by atoms with E-state index in [1.807, 2.05) is 0 Å². The zero-order valence-electron chi connectivity index (χ0n) is 11.5. The first-order valence-corrected chi connectivity index (χ1v) is 6.53. The van der Waals surface area contributed by atoms with Gasteiger partial charge in [0.1, 0.15) is 11.7 Å². The molecule has 0 radical (unpaired) electrons. The minimum Gasteiger partial charge on any atom is -0.393 e. The smallest absolute Gasteiger partial charge is 0.292 e. The van der Waals surface area contributed by atoms with Gasteiger partial charge in [-0.2, -0.15) is 0 Å². The summed E-state index contributed by atoms with van der Waals surface area (Å²) in [5, 5.41) is 16.1. The van der Waals surface area contributed by atoms with Gasteiger partial charge in [-0.3, -0.25) is 19.7 Å². The minimum atomic E-state index is -0.713. The Balaban J connectivity index is 2.03. The number of carbonyl (C=O) groups excluding carboxylic acids is 2. The third kappa shape index (κ3) is 3.68. The van der Waals surface area contributed by atoms with E-state index in [4.69, 9.17) is 5.73 Å². The van der Waals surface area contributed by atoms with E-state index in [0.29, 0.717) is 0 Å². The molecule has 4 N–H and O–H groups in total. The average molecular weight is 292 g/mol. The van der Waals surface area contributed by atoms with Crippen LogP contribution in [0.2, 0.25) is 0 Å². The Bertz CT molecular complexity index is 598. The number of rotatable bonds is 5. The largest absolute Gasteiger partial charge is 0.393 e. The Labute approximate surface area is 120 Å². The van der Waals surface area contributed by atoms with Gasteiger partial charge in [0.15, 0.2) is 0 Å². The molecule has 1 aromatic carbocycles. The van der Waals surface area contributed by atoms with E-state index in [1.165, 1.54) is 12.1 Å². The lowest BCUT2D eigenvalue weighted by Gasteiger charge is -2.13. The molecule has 8 heteroatoms. The number of nitrogens with zero attached hydrogens (tertiary/aromatic N) is 1. The van der Waals surface area contributed by atoms with Crippen LogP contribution in [0.5, 0.6) is 0 Å². The number of anilines is 1. The summed E-state index contributed by atoms with van der Waals surface area (Å²) in [6.45, 7) is 1.56. The fourth-order valence-corrected chi connectivity index (χ4v) is 1.74. The lowest BCUT2D eigenvalue weighted by Crippen LogP contribution is -2.45. The summed E-state index contributed by atoms with van der Waals surface area (Å²) in [7, 11) is 0. The SMILES string of the molecule is CC(NC(=O)c1ccc(N)c([N+](=O)[O-])c1)C(=O)NC1CC1. The molecule has 1 aliphatic carbocycles. The minimum absolute atomic E-state index is 0.0175. The molecule has 0 bridgehead atoms. The maximum atomic E-state index is 12.0. The van der Waals surface area contributed by atoms with Gasteiger partial charge in [0, 0.05) is 17.7 Å². The molecule has 0 saturated heterocycles. The summed E-state index contributed by atoms with van der Waals surface area (Å²) in [5.74, 6) is -0.827. The molecule has 1 unspecified atom stereocenters. The molecule has 1 atom stereocenters. The van der Waals surface area contributed by atoms with Gasteiger partial charge in [0.25, 0.3) is 11.6 Å². The zero-order chi connectivity index (χ0) is 15.6. The molecule has 21 heavy (non-hydrogen) atoms. The third-order valence-corrected chi connectivity index (χ3v) is 3.15. The van der Waals surface area contributed by atoms with Crippen molar-refractivity contribution in [3.8, 4) is 0 Å². The van der Waals surface area contributed by atoms with E-state index in [-0.39, 0.29) is 28.9 Å². The highest BCUT2D eigenvalue weighted by atomic mass is 16.6. The molecule has 8 nitrogen and oxygen atoms in total. The third-order valence-electron chi connectivity index (χ3n) is 3.15. The molecule has 2 rings (SSSR count). The lowest BCUT2D eigenvalue weighted by molar-refractivity contribution is -0.383. The summed E-state index contributed by atoms with van der Waals surface area (Å²) < 4.78 is 0. The highest BCUT2D eigenvalue weighted by Gasteiger charge is 2.26. The number of benzene rings is 1. The van der Waals surface area contributed by atoms with Gasteiger partial charge in [0.2, 0.25) is 5.91 Å². The topological polar surface area (TPSA) is 127 Å². The number of nitrogens with two attached hydrogens (primary N) is 1. The average Bonchev–Trinajstić information content (AvgIpc) is 3.22. The molecular formula is C13H16N4O4. The van der Waals surface area contributed by atoms with Gasteiger partial charge >= 0.3 is 0 Å². The molecule has 2 amide bonds. The lowest BCUT2D eigenvalue weighted by atomic mass is 10.1. The fraction of sp³-hybridized carbons (Fsp3) is 0.385. The normalized spacial score (nSPS) is 15.1. The number of hydrogen-bond acceptors (Lipinski definition) is 5. The summed E-state index contributed by atoms with van der Waals surface area (Å²) >= 11 is 0. The number of nitrogens with one attached hydrogen (secondary N) is 2. The van der Waals surface area contributed by atoms with E-state index in [9.17, 15) is 19.7 Å². The first-order chi connectivity index (χ1) is 9.88. The Kier molecular flexibility index (Phi) is 4.06. The van der Waals surface area contributed by atoms with Crippen molar-refractivity contribution in [2.24, 2.45) is 0 Å². The van der Waals surface area contributed by atoms with Crippen LogP contribution in [-0.4, -0.2) is 28.8 Å². The van der Waals surface area contributed by atoms with Crippen molar-refractivity contribution in [2.75, 3.05) is 5.73 Å². The van der Waals surface area contributed by atoms with Gasteiger partial charge in [-0.05, 0) is 31.9 Å². The molecule has 1 aliphatic rings. The number of nitro benzene ring substituents is 1. The van der Waals surface area contributed by atoms with Crippen molar-refractivity contribution >= 4 is 23.2 Å². The van der Waals surface area contributed by atoms with Crippen molar-refractivity contribution in [3.63, 3.8) is 0 Å². The number of amides is 2. The summed E-state index contributed by atoms with van der Waals surface area (Å²) in [4.78, 5) is 33.9. The van der Waals surface area contributed by atoms with Crippen LogP contribution >= 0.6 is 0 Å². The van der Waals surface area contributed by atoms with Crippen molar-refractivity contribution in [1.29, 1.82) is 0 Å². The first kappa shape index (κ1) is 14.8. The van der Waals surface area contributed by atoms with Gasteiger partial charge in [0.05, 0.1) is 4.92 Å². The summed E-state index contributed by atoms with van der Waals surface area (Å²) in [6, 6.07) is 3.26. The maximum Gasteiger partial charge on any atom is 0.292 e. The van der Waals surface area contributed by atoms with Crippen LogP contribution in [-0.2, 0) is 4.79 Å². The Hall–Kier alpha value is -2.64. The van der Waals surface area contributed by atoms with Gasteiger partial charge < -0.3 is 16.4 Å². The van der Waals surface area contributed by atoms with Crippen molar-refractivity contribution in [3.05, 3.63) is 33.9 Å². The number of hydrogen-bond donors (Lipinski definition) is 3. The quantitative estimate of drug-likeness (QED) is 0.415. The van der Waals surface area contributed by atoms with E-state index >= 15 is 0 Å². The van der Waals surface area contributed by atoms with Crippen LogP contribution in [0, 0.1) is 10.1 Å². The van der Waals surface area contributed by atoms with Crippen LogP contribution in [0.3, 0.4) is 0 Å². The predicted octanol–water partition coefficient (Wildman–Crippen LogP) is 0.574. The predicted molar refractivity (Wildman–Crippen MR) is 75.6 cm³/mol. The Morgan fingerprint density at radius 1 is 1.43 bits per heavy atom. The van der Waals surface area contributed by atoms with E-state index < -0.39 is 16.9 Å². The Morgan fingerprint density at radius 3 is 2.67 bits per heavy atom. The summed E-state index contributed by atoms with van der Waals surface area (Å²) in [6.07, 6.45) is 1.91. The zero-order valence-corrected chi connectivity index (χ0v) is 11.5. The standard InChI is InChI=1S/C13H16N4O4/c1-7(12(18)16-9-3-4-9)15-13(19)8-2-5-10(14)11(6-8)17(20)21/h2,5-7,9H,3-4,14H2,1H3,(H,15,19)(H,16,18). The van der Waals surface area contributed by atoms with E-state index in [2.05, 4.69) is 10.6 Å². The van der Waals surface area contributed by atoms with Crippen molar-refractivity contribution in [2.45, 2.75) is 31.8 Å². The van der Waals surface area contributed by atoms with Gasteiger partial charge in [-0.25, -0.2) is 0 Å². The van der Waals surface area contributed by atoms with Crippen LogP contribution in [0.15, 0.2) is 18.2 Å². The summed E-state index contributed by atoms with van der Waals surface area (Å²) in [5.41, 5.74) is 5.20. The molecule has 0 heterocycles. The highest BCUT2D eigenvalue weighted by Crippen LogP contribution is 2.22. The van der Waals surface area contributed by atoms with Gasteiger partial charge in [-0.1, -0.05) is 0 Å². The van der Waals surface area contributed by atoms with Crippen LogP contribution in [0.25, 0.3) is 0 Å².